The molecular formula is C14H26N2OS. The van der Waals surface area contributed by atoms with Crippen molar-refractivity contribution in [3.63, 3.8) is 0 Å². The van der Waals surface area contributed by atoms with E-state index in [1.165, 1.54) is 12.8 Å². The van der Waals surface area contributed by atoms with Crippen LogP contribution in [0.3, 0.4) is 0 Å². The minimum atomic E-state index is -0.243. The van der Waals surface area contributed by atoms with Crippen LogP contribution in [0.4, 0.5) is 0 Å². The summed E-state index contributed by atoms with van der Waals surface area (Å²) in [7, 11) is 0. The standard InChI is InChI=1S/C14H26N2OS/c1-3-5-11-7-9-16(10-8-11)14(17)12(6-4-2)13(15)18/h11-12H,3-10H2,1-2H3,(H2,15,18). The van der Waals surface area contributed by atoms with E-state index in [-0.39, 0.29) is 11.8 Å². The molecule has 104 valence electrons. The molecule has 1 aliphatic rings. The number of piperidine rings is 1. The van der Waals surface area contributed by atoms with Crippen LogP contribution in [0, 0.1) is 11.8 Å². The number of carbonyl (C=O) groups excluding carboxylic acids is 1. The molecule has 0 aromatic rings. The zero-order valence-electron chi connectivity index (χ0n) is 11.7. The molecule has 0 aliphatic carbocycles. The highest BCUT2D eigenvalue weighted by molar-refractivity contribution is 7.80. The Morgan fingerprint density at radius 3 is 2.39 bits per heavy atom. The van der Waals surface area contributed by atoms with Crippen molar-refractivity contribution < 1.29 is 4.79 Å². The van der Waals surface area contributed by atoms with Crippen molar-refractivity contribution in [1.29, 1.82) is 0 Å². The van der Waals surface area contributed by atoms with E-state index in [9.17, 15) is 4.79 Å². The molecule has 1 amide bonds. The van der Waals surface area contributed by atoms with E-state index in [0.717, 1.165) is 44.7 Å². The zero-order valence-corrected chi connectivity index (χ0v) is 12.5. The minimum absolute atomic E-state index is 0.152. The van der Waals surface area contributed by atoms with Crippen LogP contribution in [-0.2, 0) is 4.79 Å². The second-order valence-corrected chi connectivity index (χ2v) is 5.77. The number of amides is 1. The fourth-order valence-corrected chi connectivity index (χ4v) is 2.97. The van der Waals surface area contributed by atoms with Crippen molar-refractivity contribution in [3.8, 4) is 0 Å². The fourth-order valence-electron chi connectivity index (χ4n) is 2.75. The van der Waals surface area contributed by atoms with Gasteiger partial charge in [0.05, 0.1) is 10.9 Å². The first-order chi connectivity index (χ1) is 8.60. The van der Waals surface area contributed by atoms with E-state index in [2.05, 4.69) is 13.8 Å². The summed E-state index contributed by atoms with van der Waals surface area (Å²) in [5.74, 6) is 0.709. The first-order valence-corrected chi connectivity index (χ1v) is 7.59. The molecule has 0 aromatic heterocycles. The van der Waals surface area contributed by atoms with E-state index >= 15 is 0 Å². The molecule has 1 unspecified atom stereocenters. The predicted octanol–water partition coefficient (Wildman–Crippen LogP) is 2.73. The molecular weight excluding hydrogens is 244 g/mol. The Morgan fingerprint density at radius 1 is 1.33 bits per heavy atom. The number of nitrogens with two attached hydrogens (primary N) is 1. The third-order valence-corrected chi connectivity index (χ3v) is 4.13. The lowest BCUT2D eigenvalue weighted by molar-refractivity contribution is -0.134. The predicted molar refractivity (Wildman–Crippen MR) is 79.4 cm³/mol. The van der Waals surface area contributed by atoms with Crippen LogP contribution >= 0.6 is 12.2 Å². The summed E-state index contributed by atoms with van der Waals surface area (Å²) < 4.78 is 0. The number of hydrogen-bond acceptors (Lipinski definition) is 2. The van der Waals surface area contributed by atoms with E-state index < -0.39 is 0 Å². The molecule has 0 aromatic carbocycles. The molecule has 1 atom stereocenters. The van der Waals surface area contributed by atoms with Gasteiger partial charge in [0.15, 0.2) is 0 Å². The van der Waals surface area contributed by atoms with Gasteiger partial charge in [0, 0.05) is 13.1 Å². The number of nitrogens with zero attached hydrogens (tertiary/aromatic N) is 1. The van der Waals surface area contributed by atoms with Gasteiger partial charge in [-0.2, -0.15) is 0 Å². The van der Waals surface area contributed by atoms with Gasteiger partial charge in [0.1, 0.15) is 0 Å². The van der Waals surface area contributed by atoms with Gasteiger partial charge in [-0.1, -0.05) is 45.3 Å². The Kier molecular flexibility index (Phi) is 6.61. The molecule has 1 aliphatic heterocycles. The summed E-state index contributed by atoms with van der Waals surface area (Å²) in [5, 5.41) is 0. The van der Waals surface area contributed by atoms with E-state index in [1.807, 2.05) is 4.90 Å². The van der Waals surface area contributed by atoms with Gasteiger partial charge in [0.25, 0.3) is 0 Å². The maximum Gasteiger partial charge on any atom is 0.232 e. The van der Waals surface area contributed by atoms with Gasteiger partial charge in [-0.15, -0.1) is 0 Å². The normalized spacial score (nSPS) is 18.7. The second kappa shape index (κ2) is 7.72. The smallest absolute Gasteiger partial charge is 0.232 e. The first-order valence-electron chi connectivity index (χ1n) is 7.18. The van der Waals surface area contributed by atoms with Gasteiger partial charge in [0.2, 0.25) is 5.91 Å². The Labute approximate surface area is 116 Å². The molecule has 18 heavy (non-hydrogen) atoms. The third kappa shape index (κ3) is 4.23. The van der Waals surface area contributed by atoms with Crippen molar-refractivity contribution in [3.05, 3.63) is 0 Å². The second-order valence-electron chi connectivity index (χ2n) is 5.30. The number of likely N-dealkylation sites (tertiary alicyclic amines) is 1. The van der Waals surface area contributed by atoms with Crippen molar-refractivity contribution in [2.45, 2.75) is 52.4 Å². The Morgan fingerprint density at radius 2 is 1.94 bits per heavy atom. The fraction of sp³-hybridized carbons (Fsp3) is 0.857. The van der Waals surface area contributed by atoms with Crippen LogP contribution in [0.15, 0.2) is 0 Å². The van der Waals surface area contributed by atoms with Gasteiger partial charge >= 0.3 is 0 Å². The van der Waals surface area contributed by atoms with Crippen LogP contribution in [0.1, 0.15) is 52.4 Å². The van der Waals surface area contributed by atoms with Crippen molar-refractivity contribution >= 4 is 23.1 Å². The first kappa shape index (κ1) is 15.4. The summed E-state index contributed by atoms with van der Waals surface area (Å²) in [5.41, 5.74) is 5.69. The largest absolute Gasteiger partial charge is 0.393 e. The van der Waals surface area contributed by atoms with Crippen LogP contribution in [0.2, 0.25) is 0 Å². The number of hydrogen-bond donors (Lipinski definition) is 1. The van der Waals surface area contributed by atoms with E-state index in [0.29, 0.717) is 4.99 Å². The SMILES string of the molecule is CCCC1CCN(C(=O)C(CCC)C(N)=S)CC1. The monoisotopic (exact) mass is 270 g/mol. The maximum atomic E-state index is 12.4. The average molecular weight is 270 g/mol. The molecule has 0 radical (unpaired) electrons. The van der Waals surface area contributed by atoms with Crippen molar-refractivity contribution in [2.75, 3.05) is 13.1 Å². The van der Waals surface area contributed by atoms with Crippen molar-refractivity contribution in [2.24, 2.45) is 17.6 Å². The quantitative estimate of drug-likeness (QED) is 0.755. The molecule has 1 fully saturated rings. The highest BCUT2D eigenvalue weighted by Gasteiger charge is 2.28. The average Bonchev–Trinajstić information content (AvgIpc) is 2.36. The van der Waals surface area contributed by atoms with E-state index in [1.54, 1.807) is 0 Å². The lowest BCUT2D eigenvalue weighted by atomic mass is 9.91. The minimum Gasteiger partial charge on any atom is -0.393 e. The summed E-state index contributed by atoms with van der Waals surface area (Å²) in [4.78, 5) is 14.7. The van der Waals surface area contributed by atoms with Crippen LogP contribution in [0.5, 0.6) is 0 Å². The topological polar surface area (TPSA) is 46.3 Å². The molecule has 4 heteroatoms. The maximum absolute atomic E-state index is 12.4. The zero-order chi connectivity index (χ0) is 13.5. The summed E-state index contributed by atoms with van der Waals surface area (Å²) in [6.07, 6.45) is 6.52. The number of thiocarbonyl (C=S) groups is 1. The molecule has 1 heterocycles. The van der Waals surface area contributed by atoms with Gasteiger partial charge in [-0.05, 0) is 25.2 Å². The molecule has 0 bridgehead atoms. The number of rotatable bonds is 6. The molecule has 2 N–H and O–H groups in total. The Hall–Kier alpha value is -0.640. The molecule has 3 nitrogen and oxygen atoms in total. The van der Waals surface area contributed by atoms with Crippen LogP contribution in [0.25, 0.3) is 0 Å². The molecule has 1 saturated heterocycles. The summed E-state index contributed by atoms with van der Waals surface area (Å²) >= 11 is 5.02. The lowest BCUT2D eigenvalue weighted by Gasteiger charge is -2.34. The van der Waals surface area contributed by atoms with Gasteiger partial charge in [-0.25, -0.2) is 0 Å². The van der Waals surface area contributed by atoms with Crippen LogP contribution in [-0.4, -0.2) is 28.9 Å². The van der Waals surface area contributed by atoms with Gasteiger partial charge < -0.3 is 10.6 Å². The lowest BCUT2D eigenvalue weighted by Crippen LogP contribution is -2.45. The van der Waals surface area contributed by atoms with E-state index in [4.69, 9.17) is 18.0 Å². The molecule has 1 rings (SSSR count). The molecule has 0 saturated carbocycles. The Bertz CT molecular complexity index is 286. The third-order valence-electron chi connectivity index (χ3n) is 3.84. The van der Waals surface area contributed by atoms with Crippen molar-refractivity contribution in [1.82, 2.24) is 4.90 Å². The highest BCUT2D eigenvalue weighted by Crippen LogP contribution is 2.23. The van der Waals surface area contributed by atoms with Crippen LogP contribution < -0.4 is 5.73 Å². The van der Waals surface area contributed by atoms with Gasteiger partial charge in [-0.3, -0.25) is 4.79 Å². The summed E-state index contributed by atoms with van der Waals surface area (Å²) in [6.45, 7) is 6.05. The Balaban J connectivity index is 2.50. The summed E-state index contributed by atoms with van der Waals surface area (Å²) in [6, 6.07) is 0. The number of carbonyl (C=O) groups is 1. The molecule has 0 spiro atoms. The highest BCUT2D eigenvalue weighted by atomic mass is 32.1.